The largest absolute Gasteiger partial charge is 0.462 e. The van der Waals surface area contributed by atoms with Crippen molar-refractivity contribution in [3.63, 3.8) is 0 Å². The minimum absolute atomic E-state index is 0.0574. The number of unbranched alkanes of at least 4 members (excludes halogenated alkanes) is 3. The molecule has 0 aliphatic heterocycles. The molecule has 0 unspecified atom stereocenters. The third kappa shape index (κ3) is 6.36. The maximum Gasteiger partial charge on any atom is 0.333 e. The van der Waals surface area contributed by atoms with Gasteiger partial charge in [0.15, 0.2) is 5.16 Å². The molecule has 0 fully saturated rings. The third-order valence-corrected chi connectivity index (χ3v) is 5.10. The average molecular weight is 388 g/mol. The highest BCUT2D eigenvalue weighted by Crippen LogP contribution is 2.19. The number of carbonyl (C=O) groups is 1. The van der Waals surface area contributed by atoms with Crippen molar-refractivity contribution in [2.24, 2.45) is 7.05 Å². The number of thioether (sulfide) groups is 1. The van der Waals surface area contributed by atoms with Gasteiger partial charge in [-0.15, -0.1) is 0 Å². The van der Waals surface area contributed by atoms with Crippen molar-refractivity contribution in [3.8, 4) is 11.1 Å². The smallest absolute Gasteiger partial charge is 0.333 e. The van der Waals surface area contributed by atoms with Crippen LogP contribution in [0.4, 0.5) is 0 Å². The minimum Gasteiger partial charge on any atom is -0.462 e. The first kappa shape index (κ1) is 20.9. The molecular weight excluding hydrogens is 362 g/mol. The Bertz CT molecular complexity index is 834. The van der Waals surface area contributed by atoms with E-state index in [1.807, 2.05) is 0 Å². The summed E-state index contributed by atoms with van der Waals surface area (Å²) in [7, 11) is 1.75. The van der Waals surface area contributed by atoms with Gasteiger partial charge in [-0.05, 0) is 37.5 Å². The Labute approximate surface area is 163 Å². The van der Waals surface area contributed by atoms with Crippen molar-refractivity contribution in [3.05, 3.63) is 53.2 Å². The van der Waals surface area contributed by atoms with E-state index in [2.05, 4.69) is 16.5 Å². The van der Waals surface area contributed by atoms with Crippen molar-refractivity contribution < 1.29 is 9.53 Å². The third-order valence-electron chi connectivity index (χ3n) is 3.97. The minimum atomic E-state index is -0.326. The van der Waals surface area contributed by atoms with Crippen LogP contribution >= 0.6 is 11.8 Å². The highest BCUT2D eigenvalue weighted by molar-refractivity contribution is 7.99. The zero-order valence-electron chi connectivity index (χ0n) is 15.8. The molecule has 0 aliphatic rings. The lowest BCUT2D eigenvalue weighted by atomic mass is 10.1. The molecule has 27 heavy (non-hydrogen) atoms. The van der Waals surface area contributed by atoms with Gasteiger partial charge in [0.2, 0.25) is 0 Å². The lowest BCUT2D eigenvalue weighted by Crippen LogP contribution is -2.21. The van der Waals surface area contributed by atoms with Gasteiger partial charge in [-0.25, -0.2) is 9.78 Å². The summed E-state index contributed by atoms with van der Waals surface area (Å²) in [5.41, 5.74) is 1.77. The number of hydrogen-bond donors (Lipinski definition) is 0. The highest BCUT2D eigenvalue weighted by atomic mass is 32.2. The summed E-state index contributed by atoms with van der Waals surface area (Å²) >= 11 is 1.58. The molecule has 0 aromatic carbocycles. The van der Waals surface area contributed by atoms with Crippen LogP contribution in [0, 0.1) is 0 Å². The van der Waals surface area contributed by atoms with Gasteiger partial charge in [-0.1, -0.05) is 31.2 Å². The number of nitrogens with zero attached hydrogens (tertiary/aromatic N) is 3. The van der Waals surface area contributed by atoms with Gasteiger partial charge in [-0.2, -0.15) is 0 Å². The maximum atomic E-state index is 12.5. The number of carbonyl (C=O) groups excluding carboxylic acids is 1. The fourth-order valence-electron chi connectivity index (χ4n) is 2.40. The summed E-state index contributed by atoms with van der Waals surface area (Å²) < 4.78 is 6.65. The van der Waals surface area contributed by atoms with Crippen LogP contribution in [0.2, 0.25) is 0 Å². The normalized spacial score (nSPS) is 10.6. The SMILES string of the molecule is C=C(C)C(=O)OCCCCCCSc1ncc(-c2ccncc2)c(=O)n1C. The van der Waals surface area contributed by atoms with Crippen molar-refractivity contribution in [1.82, 2.24) is 14.5 Å². The van der Waals surface area contributed by atoms with Crippen molar-refractivity contribution in [1.29, 1.82) is 0 Å². The van der Waals surface area contributed by atoms with E-state index in [-0.39, 0.29) is 11.5 Å². The van der Waals surface area contributed by atoms with Crippen LogP contribution < -0.4 is 5.56 Å². The number of rotatable bonds is 10. The molecule has 0 saturated carbocycles. The summed E-state index contributed by atoms with van der Waals surface area (Å²) in [6.45, 7) is 5.63. The quantitative estimate of drug-likeness (QED) is 0.204. The lowest BCUT2D eigenvalue weighted by molar-refractivity contribution is -0.139. The molecule has 6 nitrogen and oxygen atoms in total. The van der Waals surface area contributed by atoms with Gasteiger partial charge in [0.1, 0.15) is 0 Å². The molecule has 2 aromatic heterocycles. The zero-order chi connectivity index (χ0) is 19.6. The van der Waals surface area contributed by atoms with Crippen molar-refractivity contribution >= 4 is 17.7 Å². The molecule has 0 amide bonds. The standard InChI is InChI=1S/C20H25N3O3S/c1-15(2)19(25)26-12-6-4-5-7-13-27-20-22-14-17(18(24)23(20)3)16-8-10-21-11-9-16/h8-11,14H,1,4-7,12-13H2,2-3H3. The van der Waals surface area contributed by atoms with Crippen molar-refractivity contribution in [2.45, 2.75) is 37.8 Å². The van der Waals surface area contributed by atoms with E-state index in [0.717, 1.165) is 37.0 Å². The van der Waals surface area contributed by atoms with Gasteiger partial charge in [0.05, 0.1) is 12.2 Å². The Kier molecular flexibility index (Phi) is 8.26. The fourth-order valence-corrected chi connectivity index (χ4v) is 3.34. The van der Waals surface area contributed by atoms with Crippen LogP contribution in [0.25, 0.3) is 11.1 Å². The molecule has 2 rings (SSSR count). The van der Waals surface area contributed by atoms with E-state index in [0.29, 0.717) is 22.9 Å². The number of pyridine rings is 1. The van der Waals surface area contributed by atoms with Gasteiger partial charge >= 0.3 is 5.97 Å². The predicted octanol–water partition coefficient (Wildman–Crippen LogP) is 3.61. The molecule has 0 N–H and O–H groups in total. The highest BCUT2D eigenvalue weighted by Gasteiger charge is 2.09. The Hall–Kier alpha value is -2.41. The Morgan fingerprint density at radius 3 is 2.63 bits per heavy atom. The van der Waals surface area contributed by atoms with Gasteiger partial charge in [-0.3, -0.25) is 14.3 Å². The number of aromatic nitrogens is 3. The summed E-state index contributed by atoms with van der Waals surface area (Å²) in [5.74, 6) is 0.563. The van der Waals surface area contributed by atoms with Crippen LogP contribution in [0.1, 0.15) is 32.6 Å². The zero-order valence-corrected chi connectivity index (χ0v) is 16.6. The summed E-state index contributed by atoms with van der Waals surface area (Å²) in [6.07, 6.45) is 8.87. The van der Waals surface area contributed by atoms with Gasteiger partial charge in [0.25, 0.3) is 5.56 Å². The van der Waals surface area contributed by atoms with E-state index in [1.54, 1.807) is 61.0 Å². The first-order valence-electron chi connectivity index (χ1n) is 8.92. The average Bonchev–Trinajstić information content (AvgIpc) is 2.67. The molecule has 0 saturated heterocycles. The molecule has 7 heteroatoms. The van der Waals surface area contributed by atoms with Crippen LogP contribution in [-0.2, 0) is 16.6 Å². The van der Waals surface area contributed by atoms with E-state index in [9.17, 15) is 9.59 Å². The van der Waals surface area contributed by atoms with Crippen LogP contribution in [0.5, 0.6) is 0 Å². The van der Waals surface area contributed by atoms with Crippen LogP contribution in [-0.4, -0.2) is 32.9 Å². The Morgan fingerprint density at radius 1 is 1.22 bits per heavy atom. The fraction of sp³-hybridized carbons (Fsp3) is 0.400. The second-order valence-electron chi connectivity index (χ2n) is 6.23. The first-order valence-corrected chi connectivity index (χ1v) is 9.91. The maximum absolute atomic E-state index is 12.5. The van der Waals surface area contributed by atoms with Gasteiger partial charge in [0, 0.05) is 37.0 Å². The summed E-state index contributed by atoms with van der Waals surface area (Å²) in [4.78, 5) is 32.2. The molecule has 0 radical (unpaired) electrons. The van der Waals surface area contributed by atoms with E-state index in [1.165, 1.54) is 0 Å². The van der Waals surface area contributed by atoms with Crippen LogP contribution in [0.3, 0.4) is 0 Å². The summed E-state index contributed by atoms with van der Waals surface area (Å²) in [6, 6.07) is 3.61. The Balaban J connectivity index is 1.74. The number of esters is 1. The first-order chi connectivity index (χ1) is 13.0. The molecule has 2 heterocycles. The van der Waals surface area contributed by atoms with E-state index in [4.69, 9.17) is 4.74 Å². The molecule has 144 valence electrons. The molecule has 0 spiro atoms. The Morgan fingerprint density at radius 2 is 1.93 bits per heavy atom. The lowest BCUT2D eigenvalue weighted by Gasteiger charge is -2.09. The number of ether oxygens (including phenoxy) is 1. The molecular formula is C20H25N3O3S. The van der Waals surface area contributed by atoms with E-state index >= 15 is 0 Å². The topological polar surface area (TPSA) is 74.1 Å². The van der Waals surface area contributed by atoms with Gasteiger partial charge < -0.3 is 4.74 Å². The predicted molar refractivity (Wildman–Crippen MR) is 108 cm³/mol. The molecule has 0 bridgehead atoms. The summed E-state index contributed by atoms with van der Waals surface area (Å²) in [5, 5.41) is 0.716. The molecule has 0 aliphatic carbocycles. The number of hydrogen-bond acceptors (Lipinski definition) is 6. The second kappa shape index (κ2) is 10.7. The van der Waals surface area contributed by atoms with Crippen molar-refractivity contribution in [2.75, 3.05) is 12.4 Å². The monoisotopic (exact) mass is 387 g/mol. The van der Waals surface area contributed by atoms with E-state index < -0.39 is 0 Å². The molecule has 0 atom stereocenters. The molecule has 2 aromatic rings. The van der Waals surface area contributed by atoms with Crippen LogP contribution in [0.15, 0.2) is 52.8 Å². The second-order valence-corrected chi connectivity index (χ2v) is 7.30.